The molecule has 0 saturated carbocycles. The van der Waals surface area contributed by atoms with Crippen molar-refractivity contribution in [3.05, 3.63) is 24.2 Å². The van der Waals surface area contributed by atoms with E-state index >= 15 is 0 Å². The second-order valence-electron chi connectivity index (χ2n) is 3.94. The van der Waals surface area contributed by atoms with Crippen LogP contribution in [0.2, 0.25) is 0 Å². The number of amides is 2. The van der Waals surface area contributed by atoms with Crippen molar-refractivity contribution < 1.29 is 13.4 Å². The Morgan fingerprint density at radius 2 is 2.35 bits per heavy atom. The van der Waals surface area contributed by atoms with Gasteiger partial charge in [0.05, 0.1) is 12.8 Å². The SMILES string of the molecule is C[C@@H](C[S@](C)=O)N(C)C(=O)NCc1ccco1. The molecular weight excluding hydrogens is 240 g/mol. The standard InChI is InChI=1S/C11H18N2O3S/c1-9(8-17(3)15)13(2)11(14)12-7-10-5-4-6-16-10/h4-6,9H,7-8H2,1-3H3,(H,12,14)/t9-,17-/m0/s1. The molecule has 5 nitrogen and oxygen atoms in total. The van der Waals surface area contributed by atoms with Crippen LogP contribution >= 0.6 is 0 Å². The van der Waals surface area contributed by atoms with Crippen LogP contribution < -0.4 is 5.32 Å². The molecule has 0 saturated heterocycles. The third-order valence-electron chi connectivity index (χ3n) is 2.45. The molecule has 0 aliphatic rings. The van der Waals surface area contributed by atoms with Gasteiger partial charge in [0.15, 0.2) is 0 Å². The van der Waals surface area contributed by atoms with Crippen molar-refractivity contribution in [3.63, 3.8) is 0 Å². The predicted molar refractivity (Wildman–Crippen MR) is 67.1 cm³/mol. The number of hydrogen-bond acceptors (Lipinski definition) is 3. The zero-order valence-electron chi connectivity index (χ0n) is 10.3. The Labute approximate surface area is 104 Å². The summed E-state index contributed by atoms with van der Waals surface area (Å²) in [7, 11) is 0.783. The van der Waals surface area contributed by atoms with Crippen LogP contribution in [0, 0.1) is 0 Å². The molecule has 0 bridgehead atoms. The monoisotopic (exact) mass is 258 g/mol. The van der Waals surface area contributed by atoms with E-state index in [4.69, 9.17) is 4.42 Å². The van der Waals surface area contributed by atoms with E-state index in [1.54, 1.807) is 36.6 Å². The first-order valence-corrected chi connectivity index (χ1v) is 7.06. The van der Waals surface area contributed by atoms with Crippen molar-refractivity contribution in [1.82, 2.24) is 10.2 Å². The summed E-state index contributed by atoms with van der Waals surface area (Å²) in [6, 6.07) is 3.32. The Kier molecular flexibility index (Phi) is 5.21. The van der Waals surface area contributed by atoms with E-state index < -0.39 is 10.8 Å². The van der Waals surface area contributed by atoms with Crippen LogP contribution in [0.1, 0.15) is 12.7 Å². The van der Waals surface area contributed by atoms with Gasteiger partial charge in [-0.25, -0.2) is 4.79 Å². The largest absolute Gasteiger partial charge is 0.467 e. The second kappa shape index (κ2) is 6.44. The molecule has 0 aromatic carbocycles. The van der Waals surface area contributed by atoms with E-state index in [1.807, 2.05) is 6.92 Å². The first-order chi connectivity index (χ1) is 8.00. The lowest BCUT2D eigenvalue weighted by molar-refractivity contribution is 0.197. The van der Waals surface area contributed by atoms with Crippen LogP contribution in [0.3, 0.4) is 0 Å². The van der Waals surface area contributed by atoms with Crippen molar-refractivity contribution in [2.24, 2.45) is 0 Å². The molecule has 1 aromatic heterocycles. The molecule has 0 spiro atoms. The maximum atomic E-state index is 11.7. The number of rotatable bonds is 5. The van der Waals surface area contributed by atoms with Gasteiger partial charge in [0, 0.05) is 35.9 Å². The summed E-state index contributed by atoms with van der Waals surface area (Å²) in [5, 5.41) is 2.73. The van der Waals surface area contributed by atoms with Crippen LogP contribution in [0.5, 0.6) is 0 Å². The Bertz CT molecular complexity index is 378. The summed E-state index contributed by atoms with van der Waals surface area (Å²) < 4.78 is 16.2. The van der Waals surface area contributed by atoms with Crippen LogP contribution in [0.4, 0.5) is 4.79 Å². The number of urea groups is 1. The van der Waals surface area contributed by atoms with E-state index in [0.717, 1.165) is 0 Å². The first kappa shape index (κ1) is 13.8. The van der Waals surface area contributed by atoms with Gasteiger partial charge in [-0.1, -0.05) is 0 Å². The van der Waals surface area contributed by atoms with Gasteiger partial charge in [0.1, 0.15) is 5.76 Å². The average Bonchev–Trinajstić information content (AvgIpc) is 2.76. The summed E-state index contributed by atoms with van der Waals surface area (Å²) in [5.41, 5.74) is 0. The summed E-state index contributed by atoms with van der Waals surface area (Å²) in [6.45, 7) is 2.23. The smallest absolute Gasteiger partial charge is 0.317 e. The summed E-state index contributed by atoms with van der Waals surface area (Å²) in [5.74, 6) is 1.18. The van der Waals surface area contributed by atoms with E-state index in [-0.39, 0.29) is 12.1 Å². The van der Waals surface area contributed by atoms with Crippen molar-refractivity contribution in [2.75, 3.05) is 19.1 Å². The first-order valence-electron chi connectivity index (χ1n) is 5.33. The van der Waals surface area contributed by atoms with E-state index in [1.165, 1.54) is 0 Å². The van der Waals surface area contributed by atoms with Gasteiger partial charge >= 0.3 is 6.03 Å². The van der Waals surface area contributed by atoms with E-state index in [2.05, 4.69) is 5.32 Å². The van der Waals surface area contributed by atoms with Crippen molar-refractivity contribution in [2.45, 2.75) is 19.5 Å². The molecule has 0 aliphatic carbocycles. The lowest BCUT2D eigenvalue weighted by atomic mass is 10.3. The van der Waals surface area contributed by atoms with Gasteiger partial charge in [-0.3, -0.25) is 4.21 Å². The fourth-order valence-corrected chi connectivity index (χ4v) is 2.26. The van der Waals surface area contributed by atoms with Gasteiger partial charge in [0.2, 0.25) is 0 Å². The van der Waals surface area contributed by atoms with Crippen LogP contribution in [0.25, 0.3) is 0 Å². The fourth-order valence-electron chi connectivity index (χ4n) is 1.35. The minimum absolute atomic E-state index is 0.0579. The maximum absolute atomic E-state index is 11.7. The van der Waals surface area contributed by atoms with Gasteiger partial charge < -0.3 is 14.6 Å². The van der Waals surface area contributed by atoms with Crippen LogP contribution in [-0.2, 0) is 17.3 Å². The highest BCUT2D eigenvalue weighted by Crippen LogP contribution is 2.01. The molecule has 2 atom stereocenters. The third-order valence-corrected chi connectivity index (χ3v) is 3.40. The van der Waals surface area contributed by atoms with Gasteiger partial charge in [-0.2, -0.15) is 0 Å². The fraction of sp³-hybridized carbons (Fsp3) is 0.545. The minimum Gasteiger partial charge on any atom is -0.467 e. The number of nitrogens with zero attached hydrogens (tertiary/aromatic N) is 1. The summed E-state index contributed by atoms with van der Waals surface area (Å²) in [4.78, 5) is 13.3. The quantitative estimate of drug-likeness (QED) is 0.863. The van der Waals surface area contributed by atoms with E-state index in [0.29, 0.717) is 18.1 Å². The summed E-state index contributed by atoms with van der Waals surface area (Å²) >= 11 is 0. The molecule has 6 heteroatoms. The molecular formula is C11H18N2O3S. The topological polar surface area (TPSA) is 62.6 Å². The van der Waals surface area contributed by atoms with Crippen LogP contribution in [-0.4, -0.2) is 40.2 Å². The predicted octanol–water partition coefficient (Wildman–Crippen LogP) is 1.19. The van der Waals surface area contributed by atoms with Gasteiger partial charge in [0.25, 0.3) is 0 Å². The number of carbonyl (C=O) groups is 1. The Balaban J connectivity index is 2.38. The maximum Gasteiger partial charge on any atom is 0.317 e. The number of furan rings is 1. The van der Waals surface area contributed by atoms with Crippen molar-refractivity contribution in [1.29, 1.82) is 0 Å². The van der Waals surface area contributed by atoms with Crippen molar-refractivity contribution in [3.8, 4) is 0 Å². The average molecular weight is 258 g/mol. The highest BCUT2D eigenvalue weighted by Gasteiger charge is 2.16. The lowest BCUT2D eigenvalue weighted by Gasteiger charge is -2.24. The number of nitrogens with one attached hydrogen (secondary N) is 1. The number of hydrogen-bond donors (Lipinski definition) is 1. The Morgan fingerprint density at radius 1 is 1.65 bits per heavy atom. The van der Waals surface area contributed by atoms with Gasteiger partial charge in [-0.15, -0.1) is 0 Å². The van der Waals surface area contributed by atoms with Crippen molar-refractivity contribution >= 4 is 16.8 Å². The molecule has 0 unspecified atom stereocenters. The molecule has 2 amide bonds. The molecule has 0 radical (unpaired) electrons. The Hall–Kier alpha value is -1.30. The zero-order chi connectivity index (χ0) is 12.8. The highest BCUT2D eigenvalue weighted by molar-refractivity contribution is 7.84. The van der Waals surface area contributed by atoms with Gasteiger partial charge in [-0.05, 0) is 19.1 Å². The molecule has 17 heavy (non-hydrogen) atoms. The molecule has 96 valence electrons. The molecule has 1 N–H and O–H groups in total. The molecule has 0 fully saturated rings. The lowest BCUT2D eigenvalue weighted by Crippen LogP contribution is -2.44. The highest BCUT2D eigenvalue weighted by atomic mass is 32.2. The Morgan fingerprint density at radius 3 is 2.88 bits per heavy atom. The molecule has 1 heterocycles. The molecule has 1 aromatic rings. The molecule has 1 rings (SSSR count). The number of carbonyl (C=O) groups excluding carboxylic acids is 1. The minimum atomic E-state index is -0.906. The molecule has 0 aliphatic heterocycles. The normalized spacial score (nSPS) is 14.1. The third kappa shape index (κ3) is 4.60. The van der Waals surface area contributed by atoms with Crippen LogP contribution in [0.15, 0.2) is 22.8 Å². The summed E-state index contributed by atoms with van der Waals surface area (Å²) in [6.07, 6.45) is 3.19. The second-order valence-corrected chi connectivity index (χ2v) is 5.42. The van der Waals surface area contributed by atoms with E-state index in [9.17, 15) is 9.00 Å². The zero-order valence-corrected chi connectivity index (χ0v) is 11.1.